The quantitative estimate of drug-likeness (QED) is 0.306. The lowest BCUT2D eigenvalue weighted by Crippen LogP contribution is -2.20. The Morgan fingerprint density at radius 2 is 2.00 bits per heavy atom. The van der Waals surface area contributed by atoms with E-state index in [1.807, 2.05) is 38.1 Å². The molecule has 162 valence electrons. The van der Waals surface area contributed by atoms with Gasteiger partial charge in [0.15, 0.2) is 0 Å². The molecular formula is C23H27N5O2S. The number of hydrogen-bond acceptors (Lipinski definition) is 7. The summed E-state index contributed by atoms with van der Waals surface area (Å²) in [6, 6.07) is 9.48. The number of aliphatic imine (C=N–C) groups is 1. The largest absolute Gasteiger partial charge is 0.497 e. The number of fused-ring (bicyclic) bond motifs is 1. The number of benzene rings is 1. The zero-order valence-electron chi connectivity index (χ0n) is 18.5. The topological polar surface area (TPSA) is 79.7 Å². The minimum absolute atomic E-state index is 0.00867. The molecule has 7 nitrogen and oxygen atoms in total. The lowest BCUT2D eigenvalue weighted by Gasteiger charge is -2.07. The molecule has 2 heterocycles. The van der Waals surface area contributed by atoms with E-state index >= 15 is 0 Å². The van der Waals surface area contributed by atoms with Crippen molar-refractivity contribution in [3.8, 4) is 0 Å². The zero-order chi connectivity index (χ0) is 23.0. The Kier molecular flexibility index (Phi) is 8.45. The molecular weight excluding hydrogens is 410 g/mol. The molecule has 31 heavy (non-hydrogen) atoms. The lowest BCUT2D eigenvalue weighted by molar-refractivity contribution is 0.0832. The molecule has 0 spiro atoms. The van der Waals surface area contributed by atoms with Gasteiger partial charge in [0.1, 0.15) is 5.76 Å². The fourth-order valence-corrected chi connectivity index (χ4v) is 3.61. The summed E-state index contributed by atoms with van der Waals surface area (Å²) in [7, 11) is 5.02. The molecule has 0 aliphatic carbocycles. The van der Waals surface area contributed by atoms with E-state index in [2.05, 4.69) is 33.6 Å². The third kappa shape index (κ3) is 5.99. The van der Waals surface area contributed by atoms with Gasteiger partial charge in [0, 0.05) is 36.8 Å². The van der Waals surface area contributed by atoms with E-state index in [0.717, 1.165) is 15.8 Å². The average molecular weight is 438 g/mol. The number of amides is 1. The van der Waals surface area contributed by atoms with Gasteiger partial charge in [-0.3, -0.25) is 9.79 Å². The van der Waals surface area contributed by atoms with Crippen LogP contribution in [0.25, 0.3) is 15.8 Å². The van der Waals surface area contributed by atoms with Gasteiger partial charge in [-0.25, -0.2) is 9.97 Å². The van der Waals surface area contributed by atoms with Gasteiger partial charge in [-0.15, -0.1) is 11.3 Å². The minimum Gasteiger partial charge on any atom is -0.497 e. The molecule has 3 rings (SSSR count). The number of methoxy groups -OCH3 is 1. The Balaban J connectivity index is 0.00000166. The van der Waals surface area contributed by atoms with E-state index in [4.69, 9.17) is 4.74 Å². The van der Waals surface area contributed by atoms with E-state index in [0.29, 0.717) is 28.0 Å². The van der Waals surface area contributed by atoms with Crippen molar-refractivity contribution in [1.29, 1.82) is 0 Å². The van der Waals surface area contributed by atoms with Gasteiger partial charge in [0.2, 0.25) is 5.95 Å². The van der Waals surface area contributed by atoms with Gasteiger partial charge in [-0.2, -0.15) is 0 Å². The van der Waals surface area contributed by atoms with Crippen LogP contribution in [0.2, 0.25) is 0 Å². The summed E-state index contributed by atoms with van der Waals surface area (Å²) >= 11 is 1.47. The fourth-order valence-electron chi connectivity index (χ4n) is 2.55. The number of thiophene rings is 1. The molecule has 0 fully saturated rings. The van der Waals surface area contributed by atoms with Crippen LogP contribution in [-0.2, 0) is 4.74 Å². The Hall–Kier alpha value is -3.52. The summed E-state index contributed by atoms with van der Waals surface area (Å²) < 4.78 is 6.10. The highest BCUT2D eigenvalue weighted by atomic mass is 32.1. The maximum Gasteiger partial charge on any atom is 0.263 e. The molecule has 0 atom stereocenters. The number of nitrogens with zero attached hydrogens (tertiary/aromatic N) is 4. The van der Waals surface area contributed by atoms with Crippen molar-refractivity contribution in [3.63, 3.8) is 0 Å². The third-order valence-corrected chi connectivity index (χ3v) is 5.14. The first-order valence-corrected chi connectivity index (χ1v) is 10.5. The van der Waals surface area contributed by atoms with Crippen molar-refractivity contribution < 1.29 is 9.53 Å². The highest BCUT2D eigenvalue weighted by Gasteiger charge is 2.12. The number of nitrogens with one attached hydrogen (secondary N) is 1. The number of aromatic nitrogens is 2. The predicted octanol–water partition coefficient (Wildman–Crippen LogP) is 5.36. The standard InChI is InChI=1S/C21H21N5O2S.C2H6/c1-13(28-5)10-17(22-2)16-8-9-23-21(25-16)24-15-6-7-18-14(11-15)12-19(29-18)20(27)26(3)4;1-2/h6-12H,1-2H2,3-5H3,(H,23,24,25);1-2H3/b17-10-;. The zero-order valence-corrected chi connectivity index (χ0v) is 19.3. The number of carbonyl (C=O) groups is 1. The second-order valence-electron chi connectivity index (χ2n) is 6.31. The van der Waals surface area contributed by atoms with Gasteiger partial charge in [0.25, 0.3) is 5.91 Å². The van der Waals surface area contributed by atoms with Crippen molar-refractivity contribution in [3.05, 3.63) is 65.5 Å². The molecule has 0 aliphatic rings. The van der Waals surface area contributed by atoms with Crippen molar-refractivity contribution in [2.24, 2.45) is 4.99 Å². The molecule has 0 aliphatic heterocycles. The van der Waals surface area contributed by atoms with E-state index < -0.39 is 0 Å². The minimum atomic E-state index is -0.00867. The van der Waals surface area contributed by atoms with Gasteiger partial charge in [-0.1, -0.05) is 20.4 Å². The number of ether oxygens (including phenoxy) is 1. The molecule has 0 saturated heterocycles. The van der Waals surface area contributed by atoms with Crippen molar-refractivity contribution in [2.75, 3.05) is 26.5 Å². The molecule has 3 aromatic rings. The molecule has 2 aromatic heterocycles. The van der Waals surface area contributed by atoms with Crippen molar-refractivity contribution in [2.45, 2.75) is 13.8 Å². The summed E-state index contributed by atoms with van der Waals surface area (Å²) in [5.74, 6) is 0.858. The fraction of sp³-hybridized carbons (Fsp3) is 0.217. The monoisotopic (exact) mass is 437 g/mol. The van der Waals surface area contributed by atoms with Crippen LogP contribution >= 0.6 is 11.3 Å². The number of allylic oxidation sites excluding steroid dienone is 1. The third-order valence-electron chi connectivity index (χ3n) is 4.04. The first kappa shape index (κ1) is 23.8. The molecule has 1 N–H and O–H groups in total. The highest BCUT2D eigenvalue weighted by Crippen LogP contribution is 2.29. The van der Waals surface area contributed by atoms with Crippen molar-refractivity contribution >= 4 is 51.4 Å². The Bertz CT molecular complexity index is 1120. The first-order chi connectivity index (χ1) is 14.9. The average Bonchev–Trinajstić information content (AvgIpc) is 3.21. The molecule has 1 amide bonds. The molecule has 0 bridgehead atoms. The number of anilines is 2. The van der Waals surface area contributed by atoms with Crippen LogP contribution < -0.4 is 5.32 Å². The second-order valence-corrected chi connectivity index (χ2v) is 7.40. The molecule has 0 saturated carbocycles. The second kappa shape index (κ2) is 11.0. The van der Waals surface area contributed by atoms with Crippen LogP contribution in [0.3, 0.4) is 0 Å². The number of rotatable bonds is 7. The Morgan fingerprint density at radius 1 is 1.26 bits per heavy atom. The summed E-state index contributed by atoms with van der Waals surface area (Å²) in [5, 5.41) is 4.17. The van der Waals surface area contributed by atoms with Crippen LogP contribution in [0.15, 0.2) is 59.9 Å². The van der Waals surface area contributed by atoms with Gasteiger partial charge < -0.3 is 15.0 Å². The molecule has 1 aromatic carbocycles. The van der Waals surface area contributed by atoms with Crippen molar-refractivity contribution in [1.82, 2.24) is 14.9 Å². The van der Waals surface area contributed by atoms with E-state index in [-0.39, 0.29) is 5.91 Å². The SMILES string of the molecule is C=N/C(=C\C(=C)OC)c1ccnc(Nc2ccc3sc(C(=O)N(C)C)cc3c2)n1.CC. The summed E-state index contributed by atoms with van der Waals surface area (Å²) in [5.41, 5.74) is 1.93. The summed E-state index contributed by atoms with van der Waals surface area (Å²) in [6.45, 7) is 11.3. The van der Waals surface area contributed by atoms with Crippen LogP contribution in [-0.4, -0.2) is 48.7 Å². The van der Waals surface area contributed by atoms with Gasteiger partial charge >= 0.3 is 0 Å². The normalized spacial score (nSPS) is 10.7. The highest BCUT2D eigenvalue weighted by molar-refractivity contribution is 7.20. The van der Waals surface area contributed by atoms with Gasteiger partial charge in [0.05, 0.1) is 23.4 Å². The van der Waals surface area contributed by atoms with Crippen LogP contribution in [0.4, 0.5) is 11.6 Å². The maximum absolute atomic E-state index is 12.2. The number of hydrogen-bond donors (Lipinski definition) is 1. The maximum atomic E-state index is 12.2. The summed E-state index contributed by atoms with van der Waals surface area (Å²) in [4.78, 5) is 27.2. The molecule has 0 unspecified atom stereocenters. The molecule has 0 radical (unpaired) electrons. The van der Waals surface area contributed by atoms with Crippen LogP contribution in [0, 0.1) is 0 Å². The summed E-state index contributed by atoms with van der Waals surface area (Å²) in [6.07, 6.45) is 3.29. The molecule has 8 heteroatoms. The van der Waals surface area contributed by atoms with E-state index in [1.165, 1.54) is 18.4 Å². The van der Waals surface area contributed by atoms with E-state index in [9.17, 15) is 4.79 Å². The first-order valence-electron chi connectivity index (χ1n) is 9.68. The van der Waals surface area contributed by atoms with Gasteiger partial charge in [-0.05, 0) is 42.4 Å². The lowest BCUT2D eigenvalue weighted by atomic mass is 10.2. The van der Waals surface area contributed by atoms with Crippen LogP contribution in [0.5, 0.6) is 0 Å². The number of carbonyl (C=O) groups excluding carboxylic acids is 1. The Labute approximate surface area is 186 Å². The Morgan fingerprint density at radius 3 is 2.65 bits per heavy atom. The van der Waals surface area contributed by atoms with Crippen LogP contribution in [0.1, 0.15) is 29.2 Å². The smallest absolute Gasteiger partial charge is 0.263 e. The predicted molar refractivity (Wildman–Crippen MR) is 130 cm³/mol. The van der Waals surface area contributed by atoms with E-state index in [1.54, 1.807) is 37.3 Å².